The second-order valence-corrected chi connectivity index (χ2v) is 9.30. The number of ether oxygens (including phenoxy) is 2. The lowest BCUT2D eigenvalue weighted by molar-refractivity contribution is 0.0198. The van der Waals surface area contributed by atoms with Crippen molar-refractivity contribution in [2.24, 2.45) is 0 Å². The van der Waals surface area contributed by atoms with E-state index in [0.717, 1.165) is 24.7 Å². The quantitative estimate of drug-likeness (QED) is 0.813. The van der Waals surface area contributed by atoms with Crippen LogP contribution < -0.4 is 4.74 Å². The van der Waals surface area contributed by atoms with Gasteiger partial charge in [-0.1, -0.05) is 0 Å². The van der Waals surface area contributed by atoms with Crippen molar-refractivity contribution in [1.82, 2.24) is 9.88 Å². The van der Waals surface area contributed by atoms with Crippen molar-refractivity contribution in [3.8, 4) is 5.88 Å². The molecule has 1 aromatic heterocycles. The molecule has 1 aliphatic heterocycles. The highest BCUT2D eigenvalue weighted by Crippen LogP contribution is 2.31. The first-order valence-electron chi connectivity index (χ1n) is 8.23. The minimum absolute atomic E-state index is 0.0141. The highest BCUT2D eigenvalue weighted by molar-refractivity contribution is 7.90. The summed E-state index contributed by atoms with van der Waals surface area (Å²) < 4.78 is 34.4. The van der Waals surface area contributed by atoms with Gasteiger partial charge in [-0.25, -0.2) is 18.2 Å². The van der Waals surface area contributed by atoms with Crippen LogP contribution in [-0.4, -0.2) is 56.5 Å². The molecule has 0 aliphatic carbocycles. The lowest BCUT2D eigenvalue weighted by Crippen LogP contribution is -2.42. The van der Waals surface area contributed by atoms with E-state index in [-0.39, 0.29) is 22.8 Å². The monoisotopic (exact) mass is 370 g/mol. The van der Waals surface area contributed by atoms with Crippen molar-refractivity contribution in [3.63, 3.8) is 0 Å². The second kappa shape index (κ2) is 7.19. The van der Waals surface area contributed by atoms with Crippen LogP contribution in [0.5, 0.6) is 5.88 Å². The molecule has 0 N–H and O–H groups in total. The van der Waals surface area contributed by atoms with E-state index in [0.29, 0.717) is 13.1 Å². The van der Waals surface area contributed by atoms with E-state index in [1.54, 1.807) is 17.2 Å². The van der Waals surface area contributed by atoms with Gasteiger partial charge >= 0.3 is 6.09 Å². The molecule has 1 aliphatic rings. The summed E-state index contributed by atoms with van der Waals surface area (Å²) in [5, 5.41) is 0. The Hall–Kier alpha value is -1.83. The maximum atomic E-state index is 12.3. The van der Waals surface area contributed by atoms with Gasteiger partial charge in [-0.3, -0.25) is 0 Å². The number of likely N-dealkylation sites (tertiary alicyclic amines) is 1. The molecule has 8 heteroatoms. The van der Waals surface area contributed by atoms with Crippen molar-refractivity contribution >= 4 is 15.9 Å². The van der Waals surface area contributed by atoms with E-state index in [1.165, 1.54) is 7.11 Å². The van der Waals surface area contributed by atoms with Crippen LogP contribution in [0.4, 0.5) is 4.79 Å². The average Bonchev–Trinajstić information content (AvgIpc) is 2.52. The molecule has 1 fully saturated rings. The van der Waals surface area contributed by atoms with Crippen LogP contribution in [0.25, 0.3) is 0 Å². The van der Waals surface area contributed by atoms with Crippen molar-refractivity contribution in [2.45, 2.75) is 50.0 Å². The first-order valence-corrected chi connectivity index (χ1v) is 10.1. The van der Waals surface area contributed by atoms with Crippen LogP contribution >= 0.6 is 0 Å². The fraction of sp³-hybridized carbons (Fsp3) is 0.647. The van der Waals surface area contributed by atoms with Crippen LogP contribution in [0, 0.1) is 0 Å². The van der Waals surface area contributed by atoms with Gasteiger partial charge in [0.05, 0.1) is 7.11 Å². The maximum absolute atomic E-state index is 12.3. The molecule has 0 radical (unpaired) electrons. The molecule has 1 saturated heterocycles. The van der Waals surface area contributed by atoms with E-state index >= 15 is 0 Å². The topological polar surface area (TPSA) is 85.8 Å². The molecule has 0 spiro atoms. The number of piperidine rings is 1. The van der Waals surface area contributed by atoms with E-state index in [4.69, 9.17) is 9.47 Å². The lowest BCUT2D eigenvalue weighted by atomic mass is 9.92. The summed E-state index contributed by atoms with van der Waals surface area (Å²) >= 11 is 0. The minimum Gasteiger partial charge on any atom is -0.480 e. The zero-order valence-electron chi connectivity index (χ0n) is 15.4. The largest absolute Gasteiger partial charge is 0.480 e. The third-order valence-corrected chi connectivity index (χ3v) is 5.07. The van der Waals surface area contributed by atoms with E-state index in [1.807, 2.05) is 20.8 Å². The number of carbonyl (C=O) groups is 1. The molecule has 0 saturated carbocycles. The molecule has 0 aromatic carbocycles. The van der Waals surface area contributed by atoms with E-state index in [9.17, 15) is 13.2 Å². The minimum atomic E-state index is -3.45. The van der Waals surface area contributed by atoms with Gasteiger partial charge in [0.25, 0.3) is 0 Å². The predicted octanol–water partition coefficient (Wildman–Crippen LogP) is 2.61. The first kappa shape index (κ1) is 19.5. The summed E-state index contributed by atoms with van der Waals surface area (Å²) in [6.07, 6.45) is 4.09. The Kier molecular flexibility index (Phi) is 5.61. The number of hydrogen-bond donors (Lipinski definition) is 0. The number of hydrogen-bond acceptors (Lipinski definition) is 6. The number of nitrogens with zero attached hydrogens (tertiary/aromatic N) is 2. The van der Waals surface area contributed by atoms with Crippen LogP contribution in [0.1, 0.15) is 45.1 Å². The summed E-state index contributed by atoms with van der Waals surface area (Å²) in [4.78, 5) is 18.2. The second-order valence-electron chi connectivity index (χ2n) is 7.31. The predicted molar refractivity (Wildman–Crippen MR) is 93.7 cm³/mol. The molecule has 1 unspecified atom stereocenters. The smallest absolute Gasteiger partial charge is 0.410 e. The molecule has 140 valence electrons. The normalized spacial score (nSPS) is 18.8. The van der Waals surface area contributed by atoms with Crippen LogP contribution in [0.15, 0.2) is 17.2 Å². The standard InChI is InChI=1S/C17H26N2O5S/c1-17(2,3)24-16(20)19-8-6-7-12(11-19)13-9-14(25(5,21)22)15(23-4)18-10-13/h9-10,12H,6-8,11H2,1-5H3. The van der Waals surface area contributed by atoms with Gasteiger partial charge in [0.2, 0.25) is 5.88 Å². The maximum Gasteiger partial charge on any atom is 0.410 e. The molecule has 7 nitrogen and oxygen atoms in total. The summed E-state index contributed by atoms with van der Waals surface area (Å²) in [5.41, 5.74) is 0.240. The van der Waals surface area contributed by atoms with Gasteiger partial charge in [0.1, 0.15) is 10.5 Å². The summed E-state index contributed by atoms with van der Waals surface area (Å²) in [6.45, 7) is 6.61. The van der Waals surface area contributed by atoms with Gasteiger partial charge < -0.3 is 14.4 Å². The summed E-state index contributed by atoms with van der Waals surface area (Å²) in [5.74, 6) is 0.103. The number of methoxy groups -OCH3 is 1. The van der Waals surface area contributed by atoms with E-state index < -0.39 is 15.4 Å². The number of carbonyl (C=O) groups excluding carboxylic acids is 1. The van der Waals surface area contributed by atoms with E-state index in [2.05, 4.69) is 4.98 Å². The lowest BCUT2D eigenvalue weighted by Gasteiger charge is -2.34. The average molecular weight is 370 g/mol. The fourth-order valence-corrected chi connectivity index (χ4v) is 3.63. The van der Waals surface area contributed by atoms with Gasteiger partial charge in [-0.2, -0.15) is 0 Å². The molecule has 2 heterocycles. The Bertz CT molecular complexity index is 740. The zero-order chi connectivity index (χ0) is 18.8. The summed E-state index contributed by atoms with van der Waals surface area (Å²) in [7, 11) is -2.06. The molecule has 1 aromatic rings. The highest BCUT2D eigenvalue weighted by Gasteiger charge is 2.29. The van der Waals surface area contributed by atoms with Crippen molar-refractivity contribution < 1.29 is 22.7 Å². The van der Waals surface area contributed by atoms with Gasteiger partial charge in [0.15, 0.2) is 9.84 Å². The Morgan fingerprint density at radius 1 is 1.36 bits per heavy atom. The fourth-order valence-electron chi connectivity index (χ4n) is 2.83. The zero-order valence-corrected chi connectivity index (χ0v) is 16.2. The number of rotatable bonds is 3. The third-order valence-electron chi connectivity index (χ3n) is 3.98. The van der Waals surface area contributed by atoms with Gasteiger partial charge in [-0.05, 0) is 45.2 Å². The molecule has 1 amide bonds. The van der Waals surface area contributed by atoms with Crippen molar-refractivity contribution in [2.75, 3.05) is 26.5 Å². The van der Waals surface area contributed by atoms with Crippen LogP contribution in [-0.2, 0) is 14.6 Å². The molecule has 1 atom stereocenters. The third kappa shape index (κ3) is 5.07. The molecule has 0 bridgehead atoms. The van der Waals surface area contributed by atoms with Crippen molar-refractivity contribution in [1.29, 1.82) is 0 Å². The molecule has 25 heavy (non-hydrogen) atoms. The number of aromatic nitrogens is 1. The Balaban J connectivity index is 2.23. The number of pyridine rings is 1. The Morgan fingerprint density at radius 3 is 2.60 bits per heavy atom. The Morgan fingerprint density at radius 2 is 2.04 bits per heavy atom. The van der Waals surface area contributed by atoms with Crippen LogP contribution in [0.3, 0.4) is 0 Å². The van der Waals surface area contributed by atoms with Gasteiger partial charge in [-0.15, -0.1) is 0 Å². The van der Waals surface area contributed by atoms with Gasteiger partial charge in [0, 0.05) is 31.5 Å². The summed E-state index contributed by atoms with van der Waals surface area (Å²) in [6, 6.07) is 1.60. The molecular formula is C17H26N2O5S. The number of sulfone groups is 1. The molecule has 2 rings (SSSR count). The molecular weight excluding hydrogens is 344 g/mol. The van der Waals surface area contributed by atoms with Crippen molar-refractivity contribution in [3.05, 3.63) is 17.8 Å². The first-order chi connectivity index (χ1) is 11.5. The highest BCUT2D eigenvalue weighted by atomic mass is 32.2. The number of amides is 1. The van der Waals surface area contributed by atoms with Crippen LogP contribution in [0.2, 0.25) is 0 Å². The Labute approximate surface area is 149 Å². The SMILES string of the molecule is COc1ncc(C2CCCN(C(=O)OC(C)(C)C)C2)cc1S(C)(=O)=O.